The lowest BCUT2D eigenvalue weighted by Gasteiger charge is -2.04. The molecule has 0 aliphatic carbocycles. The van der Waals surface area contributed by atoms with Crippen LogP contribution in [0.1, 0.15) is 22.3 Å². The highest BCUT2D eigenvalue weighted by Crippen LogP contribution is 2.29. The largest absolute Gasteiger partial charge is 0.396 e. The quantitative estimate of drug-likeness (QED) is 0.711. The smallest absolute Gasteiger partial charge is 0.251 e. The summed E-state index contributed by atoms with van der Waals surface area (Å²) in [6.45, 7) is 2.53. The van der Waals surface area contributed by atoms with Crippen molar-refractivity contribution in [2.75, 3.05) is 13.2 Å². The normalized spacial score (nSPS) is 10.9. The maximum Gasteiger partial charge on any atom is 0.251 e. The van der Waals surface area contributed by atoms with Gasteiger partial charge in [0, 0.05) is 24.3 Å². The third-order valence-electron chi connectivity index (χ3n) is 3.67. The molecule has 5 nitrogen and oxygen atoms in total. The Labute approximate surface area is 133 Å². The number of aliphatic hydroxyl groups is 1. The zero-order chi connectivity index (χ0) is 16.2. The van der Waals surface area contributed by atoms with Crippen molar-refractivity contribution < 1.29 is 14.4 Å². The molecular formula is C18H18N2O3. The first-order valence-corrected chi connectivity index (χ1v) is 7.54. The van der Waals surface area contributed by atoms with E-state index < -0.39 is 0 Å². The third kappa shape index (κ3) is 3.24. The molecule has 0 saturated heterocycles. The number of hydrogen-bond acceptors (Lipinski definition) is 4. The Balaban J connectivity index is 1.93. The fraction of sp³-hybridized carbons (Fsp3) is 0.222. The van der Waals surface area contributed by atoms with Crippen molar-refractivity contribution in [3.63, 3.8) is 0 Å². The summed E-state index contributed by atoms with van der Waals surface area (Å²) >= 11 is 0. The third-order valence-corrected chi connectivity index (χ3v) is 3.67. The summed E-state index contributed by atoms with van der Waals surface area (Å²) in [6.07, 6.45) is 0.538. The highest BCUT2D eigenvalue weighted by atomic mass is 16.5. The van der Waals surface area contributed by atoms with E-state index in [4.69, 9.17) is 9.63 Å². The molecular weight excluding hydrogens is 292 g/mol. The molecule has 0 fully saturated rings. The molecule has 0 aliphatic rings. The van der Waals surface area contributed by atoms with Gasteiger partial charge >= 0.3 is 0 Å². The molecule has 1 heterocycles. The van der Waals surface area contributed by atoms with Crippen molar-refractivity contribution in [1.29, 1.82) is 0 Å². The van der Waals surface area contributed by atoms with Crippen LogP contribution in [0.15, 0.2) is 47.0 Å². The van der Waals surface area contributed by atoms with Crippen molar-refractivity contribution in [2.24, 2.45) is 0 Å². The van der Waals surface area contributed by atoms with Crippen LogP contribution in [0.4, 0.5) is 0 Å². The van der Waals surface area contributed by atoms with E-state index in [0.29, 0.717) is 29.8 Å². The predicted molar refractivity (Wildman–Crippen MR) is 88.2 cm³/mol. The number of aromatic nitrogens is 1. The van der Waals surface area contributed by atoms with Crippen LogP contribution < -0.4 is 5.32 Å². The summed E-state index contributed by atoms with van der Waals surface area (Å²) in [6, 6.07) is 13.3. The van der Waals surface area contributed by atoms with Crippen LogP contribution in [-0.4, -0.2) is 29.3 Å². The molecule has 0 radical (unpaired) electrons. The van der Waals surface area contributed by atoms with E-state index in [1.807, 2.05) is 31.2 Å². The topological polar surface area (TPSA) is 75.4 Å². The number of hydrogen-bond donors (Lipinski definition) is 2. The van der Waals surface area contributed by atoms with Crippen LogP contribution in [-0.2, 0) is 0 Å². The van der Waals surface area contributed by atoms with Gasteiger partial charge in [0.2, 0.25) is 0 Å². The summed E-state index contributed by atoms with van der Waals surface area (Å²) < 4.78 is 5.46. The number of amides is 1. The first kappa shape index (κ1) is 15.2. The van der Waals surface area contributed by atoms with Gasteiger partial charge in [-0.05, 0) is 31.5 Å². The zero-order valence-corrected chi connectivity index (χ0v) is 12.9. The van der Waals surface area contributed by atoms with Gasteiger partial charge in [-0.1, -0.05) is 35.0 Å². The van der Waals surface area contributed by atoms with Crippen LogP contribution in [0.3, 0.4) is 0 Å². The Hall–Kier alpha value is -2.66. The molecule has 3 aromatic rings. The average molecular weight is 310 g/mol. The number of nitrogens with one attached hydrogen (secondary N) is 1. The van der Waals surface area contributed by atoms with Crippen LogP contribution in [0.2, 0.25) is 0 Å². The summed E-state index contributed by atoms with van der Waals surface area (Å²) in [5.74, 6) is 0.487. The zero-order valence-electron chi connectivity index (χ0n) is 12.9. The summed E-state index contributed by atoms with van der Waals surface area (Å²) in [7, 11) is 0. The number of nitrogens with zero attached hydrogens (tertiary/aromatic N) is 1. The van der Waals surface area contributed by atoms with Gasteiger partial charge < -0.3 is 14.9 Å². The first-order chi connectivity index (χ1) is 11.2. The molecule has 0 spiro atoms. The predicted octanol–water partition coefficient (Wildman–Crippen LogP) is 2.92. The Morgan fingerprint density at radius 2 is 2.00 bits per heavy atom. The Morgan fingerprint density at radius 1 is 1.22 bits per heavy atom. The van der Waals surface area contributed by atoms with Crippen molar-refractivity contribution in [3.8, 4) is 11.3 Å². The van der Waals surface area contributed by atoms with Gasteiger partial charge in [0.1, 0.15) is 5.52 Å². The maximum atomic E-state index is 12.1. The SMILES string of the molecule is Cc1ccc(-c2onc3ccc(C(=O)NCCCO)cc23)cc1. The maximum absolute atomic E-state index is 12.1. The van der Waals surface area contributed by atoms with Gasteiger partial charge in [0.25, 0.3) is 5.91 Å². The molecule has 1 amide bonds. The molecule has 3 rings (SSSR count). The summed E-state index contributed by atoms with van der Waals surface area (Å²) in [5.41, 5.74) is 3.36. The first-order valence-electron chi connectivity index (χ1n) is 7.54. The second-order valence-electron chi connectivity index (χ2n) is 5.44. The highest BCUT2D eigenvalue weighted by Gasteiger charge is 2.13. The molecule has 23 heavy (non-hydrogen) atoms. The standard InChI is InChI=1S/C18H18N2O3/c1-12-3-5-13(6-4-12)17-15-11-14(7-8-16(15)20-23-17)18(22)19-9-2-10-21/h3-8,11,21H,2,9-10H2,1H3,(H,19,22). The van der Waals surface area contributed by atoms with Crippen molar-refractivity contribution in [2.45, 2.75) is 13.3 Å². The van der Waals surface area contributed by atoms with Gasteiger partial charge in [0.05, 0.1) is 5.39 Å². The number of rotatable bonds is 5. The van der Waals surface area contributed by atoms with Gasteiger partial charge in [0.15, 0.2) is 5.76 Å². The number of aliphatic hydroxyl groups excluding tert-OH is 1. The molecule has 2 N–H and O–H groups in total. The lowest BCUT2D eigenvalue weighted by Crippen LogP contribution is -2.24. The minimum Gasteiger partial charge on any atom is -0.396 e. The number of benzene rings is 2. The van der Waals surface area contributed by atoms with E-state index in [2.05, 4.69) is 10.5 Å². The Morgan fingerprint density at radius 3 is 2.74 bits per heavy atom. The molecule has 1 aromatic heterocycles. The van der Waals surface area contributed by atoms with Crippen molar-refractivity contribution >= 4 is 16.8 Å². The van der Waals surface area contributed by atoms with E-state index in [1.54, 1.807) is 18.2 Å². The van der Waals surface area contributed by atoms with Gasteiger partial charge in [-0.3, -0.25) is 4.79 Å². The lowest BCUT2D eigenvalue weighted by atomic mass is 10.0. The number of aryl methyl sites for hydroxylation is 1. The molecule has 5 heteroatoms. The summed E-state index contributed by atoms with van der Waals surface area (Å²) in [4.78, 5) is 12.1. The van der Waals surface area contributed by atoms with E-state index in [9.17, 15) is 4.79 Å². The van der Waals surface area contributed by atoms with Crippen molar-refractivity contribution in [1.82, 2.24) is 10.5 Å². The Kier molecular flexibility index (Phi) is 4.39. The fourth-order valence-electron chi connectivity index (χ4n) is 2.38. The lowest BCUT2D eigenvalue weighted by molar-refractivity contribution is 0.0951. The molecule has 2 aromatic carbocycles. The number of fused-ring (bicyclic) bond motifs is 1. The second kappa shape index (κ2) is 6.62. The molecule has 0 bridgehead atoms. The molecule has 0 saturated carbocycles. The van der Waals surface area contributed by atoms with Gasteiger partial charge in [-0.2, -0.15) is 0 Å². The van der Waals surface area contributed by atoms with E-state index in [0.717, 1.165) is 10.9 Å². The fourth-order valence-corrected chi connectivity index (χ4v) is 2.38. The number of carbonyl (C=O) groups is 1. The van der Waals surface area contributed by atoms with Crippen LogP contribution >= 0.6 is 0 Å². The highest BCUT2D eigenvalue weighted by molar-refractivity contribution is 6.00. The van der Waals surface area contributed by atoms with E-state index in [-0.39, 0.29) is 12.5 Å². The van der Waals surface area contributed by atoms with Crippen LogP contribution in [0.25, 0.3) is 22.2 Å². The van der Waals surface area contributed by atoms with Gasteiger partial charge in [-0.25, -0.2) is 0 Å². The molecule has 0 unspecified atom stereocenters. The van der Waals surface area contributed by atoms with Gasteiger partial charge in [-0.15, -0.1) is 0 Å². The number of carbonyl (C=O) groups excluding carboxylic acids is 1. The molecule has 0 aliphatic heterocycles. The van der Waals surface area contributed by atoms with Crippen LogP contribution in [0.5, 0.6) is 0 Å². The molecule has 0 atom stereocenters. The monoisotopic (exact) mass is 310 g/mol. The second-order valence-corrected chi connectivity index (χ2v) is 5.44. The minimum absolute atomic E-state index is 0.0581. The summed E-state index contributed by atoms with van der Waals surface area (Å²) in [5, 5.41) is 16.4. The average Bonchev–Trinajstić information content (AvgIpc) is 2.99. The Bertz CT molecular complexity index is 822. The van der Waals surface area contributed by atoms with Crippen molar-refractivity contribution in [3.05, 3.63) is 53.6 Å². The van der Waals surface area contributed by atoms with E-state index in [1.165, 1.54) is 5.56 Å². The van der Waals surface area contributed by atoms with E-state index >= 15 is 0 Å². The minimum atomic E-state index is -0.170. The molecule has 118 valence electrons. The van der Waals surface area contributed by atoms with Crippen LogP contribution in [0, 0.1) is 6.92 Å².